The predicted octanol–water partition coefficient (Wildman–Crippen LogP) is 2.98. The van der Waals surface area contributed by atoms with E-state index in [1.807, 2.05) is 19.1 Å². The van der Waals surface area contributed by atoms with Crippen molar-refractivity contribution in [2.45, 2.75) is 32.4 Å². The number of ether oxygens (including phenoxy) is 1. The van der Waals surface area contributed by atoms with Crippen molar-refractivity contribution in [3.63, 3.8) is 0 Å². The average Bonchev–Trinajstić information content (AvgIpc) is 3.56. The quantitative estimate of drug-likeness (QED) is 0.644. The average molecular weight is 372 g/mol. The minimum absolute atomic E-state index is 0.157. The maximum Gasteiger partial charge on any atom is 0.254 e. The highest BCUT2D eigenvalue weighted by atomic mass is 16.5. The van der Waals surface area contributed by atoms with Crippen LogP contribution in [-0.2, 0) is 6.61 Å². The van der Waals surface area contributed by atoms with Gasteiger partial charge in [0.1, 0.15) is 12.4 Å². The molecule has 140 valence electrons. The number of rotatable bonds is 5. The van der Waals surface area contributed by atoms with Gasteiger partial charge in [-0.2, -0.15) is 0 Å². The molecule has 0 saturated heterocycles. The second kappa shape index (κ2) is 8.05. The second-order valence-electron chi connectivity index (χ2n) is 6.75. The van der Waals surface area contributed by atoms with Crippen molar-refractivity contribution < 1.29 is 4.74 Å². The van der Waals surface area contributed by atoms with Crippen molar-refractivity contribution >= 4 is 0 Å². The Morgan fingerprint density at radius 2 is 2.00 bits per heavy atom. The van der Waals surface area contributed by atoms with E-state index in [1.165, 1.54) is 18.9 Å². The summed E-state index contributed by atoms with van der Waals surface area (Å²) in [6, 6.07) is 8.61. The summed E-state index contributed by atoms with van der Waals surface area (Å²) in [5.74, 6) is 8.05. The third kappa shape index (κ3) is 4.44. The molecule has 1 saturated carbocycles. The SMILES string of the molecule is CC(c1cc(C#CC2CC2)ccn1)n1ccc(OCc2ncccn2)cc1=O. The molecule has 0 aliphatic heterocycles. The monoisotopic (exact) mass is 372 g/mol. The largest absolute Gasteiger partial charge is 0.485 e. The highest BCUT2D eigenvalue weighted by Gasteiger charge is 2.18. The zero-order valence-corrected chi connectivity index (χ0v) is 15.6. The van der Waals surface area contributed by atoms with E-state index in [2.05, 4.69) is 26.8 Å². The molecular weight excluding hydrogens is 352 g/mol. The van der Waals surface area contributed by atoms with Crippen LogP contribution in [0.4, 0.5) is 0 Å². The summed E-state index contributed by atoms with van der Waals surface area (Å²) in [7, 11) is 0. The molecule has 1 aliphatic rings. The lowest BCUT2D eigenvalue weighted by molar-refractivity contribution is 0.294. The van der Waals surface area contributed by atoms with E-state index in [-0.39, 0.29) is 18.2 Å². The maximum absolute atomic E-state index is 12.6. The van der Waals surface area contributed by atoms with Gasteiger partial charge in [0, 0.05) is 42.3 Å². The van der Waals surface area contributed by atoms with Gasteiger partial charge in [-0.25, -0.2) is 9.97 Å². The van der Waals surface area contributed by atoms with Crippen LogP contribution in [0.5, 0.6) is 5.75 Å². The zero-order chi connectivity index (χ0) is 19.3. The van der Waals surface area contributed by atoms with Gasteiger partial charge in [0.2, 0.25) is 0 Å². The van der Waals surface area contributed by atoms with E-state index in [1.54, 1.807) is 41.5 Å². The number of hydrogen-bond acceptors (Lipinski definition) is 5. The van der Waals surface area contributed by atoms with Crippen LogP contribution in [0, 0.1) is 17.8 Å². The zero-order valence-electron chi connectivity index (χ0n) is 15.6. The van der Waals surface area contributed by atoms with E-state index in [4.69, 9.17) is 4.74 Å². The van der Waals surface area contributed by atoms with E-state index in [0.29, 0.717) is 17.5 Å². The van der Waals surface area contributed by atoms with Crippen LogP contribution in [0.2, 0.25) is 0 Å². The lowest BCUT2D eigenvalue weighted by atomic mass is 10.1. The molecule has 6 heteroatoms. The summed E-state index contributed by atoms with van der Waals surface area (Å²) >= 11 is 0. The Kier molecular flexibility index (Phi) is 5.16. The minimum atomic E-state index is -0.207. The van der Waals surface area contributed by atoms with Gasteiger partial charge >= 0.3 is 0 Å². The summed E-state index contributed by atoms with van der Waals surface area (Å²) in [5.41, 5.74) is 1.57. The Bertz CT molecular complexity index is 1080. The first kappa shape index (κ1) is 17.9. The van der Waals surface area contributed by atoms with Crippen LogP contribution in [0.1, 0.15) is 42.9 Å². The number of hydrogen-bond donors (Lipinski definition) is 0. The molecule has 0 spiro atoms. The molecule has 28 heavy (non-hydrogen) atoms. The minimum Gasteiger partial charge on any atom is -0.485 e. The third-order valence-corrected chi connectivity index (χ3v) is 4.53. The fourth-order valence-electron chi connectivity index (χ4n) is 2.74. The standard InChI is InChI=1S/C22H20N4O2/c1-16(20-13-18(7-11-23-20)6-5-17-3-4-17)26-12-8-19(14-22(26)27)28-15-21-24-9-2-10-25-21/h2,7-14,16-17H,3-4,15H2,1H3. The lowest BCUT2D eigenvalue weighted by Gasteiger charge is -2.15. The second-order valence-corrected chi connectivity index (χ2v) is 6.75. The first-order valence-electron chi connectivity index (χ1n) is 9.27. The maximum atomic E-state index is 12.6. The van der Waals surface area contributed by atoms with Crippen molar-refractivity contribution in [1.82, 2.24) is 19.5 Å². The fraction of sp³-hybridized carbons (Fsp3) is 0.273. The van der Waals surface area contributed by atoms with E-state index in [9.17, 15) is 4.79 Å². The Balaban J connectivity index is 1.48. The van der Waals surface area contributed by atoms with Gasteiger partial charge in [-0.1, -0.05) is 11.8 Å². The molecule has 6 nitrogen and oxygen atoms in total. The predicted molar refractivity (Wildman–Crippen MR) is 105 cm³/mol. The van der Waals surface area contributed by atoms with Gasteiger partial charge < -0.3 is 9.30 Å². The van der Waals surface area contributed by atoms with Crippen LogP contribution < -0.4 is 10.3 Å². The molecule has 0 bridgehead atoms. The van der Waals surface area contributed by atoms with Gasteiger partial charge in [-0.3, -0.25) is 9.78 Å². The Hall–Kier alpha value is -3.46. The van der Waals surface area contributed by atoms with Crippen molar-refractivity contribution in [1.29, 1.82) is 0 Å². The fourth-order valence-corrected chi connectivity index (χ4v) is 2.74. The van der Waals surface area contributed by atoms with E-state index >= 15 is 0 Å². The molecule has 0 amide bonds. The van der Waals surface area contributed by atoms with Crippen LogP contribution in [0.3, 0.4) is 0 Å². The summed E-state index contributed by atoms with van der Waals surface area (Å²) in [6.07, 6.45) is 9.16. The number of nitrogens with zero attached hydrogens (tertiary/aromatic N) is 4. The molecule has 1 atom stereocenters. The Labute approximate surface area is 163 Å². The molecular formula is C22H20N4O2. The van der Waals surface area contributed by atoms with E-state index < -0.39 is 0 Å². The lowest BCUT2D eigenvalue weighted by Crippen LogP contribution is -2.23. The molecule has 4 rings (SSSR count). The Morgan fingerprint density at radius 3 is 2.75 bits per heavy atom. The third-order valence-electron chi connectivity index (χ3n) is 4.53. The van der Waals surface area contributed by atoms with Crippen molar-refractivity contribution in [3.8, 4) is 17.6 Å². The molecule has 1 fully saturated rings. The normalized spacial score (nSPS) is 14.0. The summed E-state index contributed by atoms with van der Waals surface area (Å²) < 4.78 is 7.25. The van der Waals surface area contributed by atoms with Crippen LogP contribution in [0.15, 0.2) is 59.9 Å². The van der Waals surface area contributed by atoms with Gasteiger partial charge in [-0.15, -0.1) is 0 Å². The Morgan fingerprint density at radius 1 is 1.18 bits per heavy atom. The van der Waals surface area contributed by atoms with Gasteiger partial charge in [0.05, 0.1) is 11.7 Å². The highest BCUT2D eigenvalue weighted by Crippen LogP contribution is 2.27. The van der Waals surface area contributed by atoms with Gasteiger partial charge in [0.25, 0.3) is 5.56 Å². The van der Waals surface area contributed by atoms with Crippen molar-refractivity contribution in [2.24, 2.45) is 5.92 Å². The van der Waals surface area contributed by atoms with Crippen molar-refractivity contribution in [2.75, 3.05) is 0 Å². The smallest absolute Gasteiger partial charge is 0.254 e. The molecule has 3 aromatic heterocycles. The van der Waals surface area contributed by atoms with Gasteiger partial charge in [0.15, 0.2) is 5.82 Å². The summed E-state index contributed by atoms with van der Waals surface area (Å²) in [5, 5.41) is 0. The molecule has 3 aromatic rings. The molecule has 0 aromatic carbocycles. The molecule has 3 heterocycles. The highest BCUT2D eigenvalue weighted by molar-refractivity contribution is 5.36. The first-order chi connectivity index (χ1) is 13.7. The topological polar surface area (TPSA) is 69.9 Å². The van der Waals surface area contributed by atoms with Crippen molar-refractivity contribution in [3.05, 3.63) is 82.6 Å². The van der Waals surface area contributed by atoms with Gasteiger partial charge in [-0.05, 0) is 44.0 Å². The van der Waals surface area contributed by atoms with E-state index in [0.717, 1.165) is 11.3 Å². The van der Waals surface area contributed by atoms with Crippen LogP contribution in [0.25, 0.3) is 0 Å². The molecule has 0 radical (unpaired) electrons. The number of pyridine rings is 2. The molecule has 0 N–H and O–H groups in total. The van der Waals surface area contributed by atoms with Crippen LogP contribution in [-0.4, -0.2) is 19.5 Å². The summed E-state index contributed by atoms with van der Waals surface area (Å²) in [6.45, 7) is 2.16. The molecule has 1 unspecified atom stereocenters. The summed E-state index contributed by atoms with van der Waals surface area (Å²) in [4.78, 5) is 25.2. The van der Waals surface area contributed by atoms with Crippen LogP contribution >= 0.6 is 0 Å². The first-order valence-corrected chi connectivity index (χ1v) is 9.27. The number of aromatic nitrogens is 4. The molecule has 1 aliphatic carbocycles.